The van der Waals surface area contributed by atoms with Crippen LogP contribution in [0.2, 0.25) is 0 Å². The van der Waals surface area contributed by atoms with Gasteiger partial charge >= 0.3 is 0 Å². The molecule has 1 aliphatic heterocycles. The number of rotatable bonds is 4. The smallest absolute Gasteiger partial charge is 0.150 e. The molecule has 0 spiro atoms. The molecule has 2 nitrogen and oxygen atoms in total. The zero-order valence-electron chi connectivity index (χ0n) is 12.4. The van der Waals surface area contributed by atoms with Gasteiger partial charge in [-0.1, -0.05) is 37.7 Å². The van der Waals surface area contributed by atoms with Crippen LogP contribution in [0.5, 0.6) is 0 Å². The van der Waals surface area contributed by atoms with Crippen molar-refractivity contribution in [2.24, 2.45) is 5.92 Å². The Labute approximate surface area is 130 Å². The van der Waals surface area contributed by atoms with Crippen LogP contribution >= 0.6 is 11.8 Å². The van der Waals surface area contributed by atoms with E-state index in [2.05, 4.69) is 49.1 Å². The lowest BCUT2D eigenvalue weighted by molar-refractivity contribution is 0.112. The predicted molar refractivity (Wildman–Crippen MR) is 88.9 cm³/mol. The van der Waals surface area contributed by atoms with E-state index in [1.165, 1.54) is 21.2 Å². The van der Waals surface area contributed by atoms with Crippen LogP contribution in [-0.2, 0) is 0 Å². The standard InChI is InChI=1S/C18H19NOS/c1-13(2)9-10-19-15-5-3-4-6-17(15)21-18-11-14(12-20)7-8-16(18)19/h3-8,11-13H,9-10H2,1-2H3. The Morgan fingerprint density at radius 3 is 2.62 bits per heavy atom. The van der Waals surface area contributed by atoms with E-state index < -0.39 is 0 Å². The van der Waals surface area contributed by atoms with Gasteiger partial charge in [0, 0.05) is 21.9 Å². The maximum Gasteiger partial charge on any atom is 0.150 e. The maximum absolute atomic E-state index is 11.0. The zero-order chi connectivity index (χ0) is 14.8. The minimum absolute atomic E-state index is 0.671. The molecule has 0 aliphatic carbocycles. The molecule has 2 aromatic rings. The first-order chi connectivity index (χ1) is 10.2. The number of benzene rings is 2. The molecule has 0 fully saturated rings. The SMILES string of the molecule is CC(C)CCN1c2ccccc2Sc2cc(C=O)ccc21. The van der Waals surface area contributed by atoms with Crippen molar-refractivity contribution in [3.05, 3.63) is 48.0 Å². The van der Waals surface area contributed by atoms with Crippen molar-refractivity contribution in [1.82, 2.24) is 0 Å². The molecule has 0 amide bonds. The Kier molecular flexibility index (Phi) is 4.02. The third-order valence-electron chi connectivity index (χ3n) is 3.72. The van der Waals surface area contributed by atoms with Gasteiger partial charge in [0.15, 0.2) is 0 Å². The average molecular weight is 297 g/mol. The number of carbonyl (C=O) groups is 1. The molecule has 1 aliphatic rings. The molecule has 3 heteroatoms. The zero-order valence-corrected chi connectivity index (χ0v) is 13.2. The van der Waals surface area contributed by atoms with Gasteiger partial charge in [-0.2, -0.15) is 0 Å². The molecule has 0 bridgehead atoms. The molecule has 0 N–H and O–H groups in total. The molecule has 1 heterocycles. The Balaban J connectivity index is 2.04. The number of aldehydes is 1. The van der Waals surface area contributed by atoms with E-state index in [0.29, 0.717) is 5.92 Å². The van der Waals surface area contributed by atoms with Crippen LogP contribution in [0.1, 0.15) is 30.6 Å². The summed E-state index contributed by atoms with van der Waals surface area (Å²) in [5, 5.41) is 0. The average Bonchev–Trinajstić information content (AvgIpc) is 2.50. The second-order valence-electron chi connectivity index (χ2n) is 5.75. The molecular formula is C18H19NOS. The van der Waals surface area contributed by atoms with E-state index in [1.807, 2.05) is 12.1 Å². The summed E-state index contributed by atoms with van der Waals surface area (Å²) in [4.78, 5) is 15.8. The van der Waals surface area contributed by atoms with Crippen LogP contribution in [0.25, 0.3) is 0 Å². The second-order valence-corrected chi connectivity index (χ2v) is 6.83. The van der Waals surface area contributed by atoms with Crippen molar-refractivity contribution < 1.29 is 4.79 Å². The number of fused-ring (bicyclic) bond motifs is 2. The Bertz CT molecular complexity index is 666. The minimum Gasteiger partial charge on any atom is -0.340 e. The van der Waals surface area contributed by atoms with E-state index in [0.717, 1.165) is 24.8 Å². The number of nitrogens with zero attached hydrogens (tertiary/aromatic N) is 1. The molecule has 0 saturated heterocycles. The molecule has 0 radical (unpaired) electrons. The molecule has 2 aromatic carbocycles. The highest BCUT2D eigenvalue weighted by molar-refractivity contribution is 7.99. The molecule has 108 valence electrons. The van der Waals surface area contributed by atoms with Gasteiger partial charge in [0.05, 0.1) is 11.4 Å². The summed E-state index contributed by atoms with van der Waals surface area (Å²) in [5.74, 6) is 0.671. The lowest BCUT2D eigenvalue weighted by Gasteiger charge is -2.33. The first kappa shape index (κ1) is 14.2. The van der Waals surface area contributed by atoms with Crippen molar-refractivity contribution in [2.75, 3.05) is 11.4 Å². The van der Waals surface area contributed by atoms with Crippen molar-refractivity contribution in [3.63, 3.8) is 0 Å². The predicted octanol–water partition coefficient (Wildman–Crippen LogP) is 5.15. The normalized spacial score (nSPS) is 13.0. The van der Waals surface area contributed by atoms with Crippen LogP contribution in [0.15, 0.2) is 52.3 Å². The first-order valence-electron chi connectivity index (χ1n) is 7.32. The summed E-state index contributed by atoms with van der Waals surface area (Å²) in [6, 6.07) is 14.5. The van der Waals surface area contributed by atoms with E-state index in [4.69, 9.17) is 0 Å². The molecule has 3 rings (SSSR count). The molecule has 21 heavy (non-hydrogen) atoms. The van der Waals surface area contributed by atoms with E-state index in [1.54, 1.807) is 11.8 Å². The van der Waals surface area contributed by atoms with Gasteiger partial charge in [-0.3, -0.25) is 4.79 Å². The highest BCUT2D eigenvalue weighted by atomic mass is 32.2. The summed E-state index contributed by atoms with van der Waals surface area (Å²) in [6.45, 7) is 5.50. The fourth-order valence-electron chi connectivity index (χ4n) is 2.55. The topological polar surface area (TPSA) is 20.3 Å². The first-order valence-corrected chi connectivity index (χ1v) is 8.14. The summed E-state index contributed by atoms with van der Waals surface area (Å²) in [5.41, 5.74) is 3.23. The summed E-state index contributed by atoms with van der Waals surface area (Å²) < 4.78 is 0. The molecule has 0 aromatic heterocycles. The van der Waals surface area contributed by atoms with Crippen LogP contribution in [-0.4, -0.2) is 12.8 Å². The fraction of sp³-hybridized carbons (Fsp3) is 0.278. The van der Waals surface area contributed by atoms with Crippen molar-refractivity contribution in [1.29, 1.82) is 0 Å². The molecule has 0 unspecified atom stereocenters. The third-order valence-corrected chi connectivity index (χ3v) is 4.83. The second kappa shape index (κ2) is 5.94. The van der Waals surface area contributed by atoms with Crippen LogP contribution < -0.4 is 4.90 Å². The Morgan fingerprint density at radius 1 is 1.10 bits per heavy atom. The Morgan fingerprint density at radius 2 is 1.86 bits per heavy atom. The van der Waals surface area contributed by atoms with Crippen molar-refractivity contribution in [3.8, 4) is 0 Å². The number of hydrogen-bond donors (Lipinski definition) is 0. The quantitative estimate of drug-likeness (QED) is 0.728. The van der Waals surface area contributed by atoms with Gasteiger partial charge in [-0.25, -0.2) is 0 Å². The van der Waals surface area contributed by atoms with Crippen LogP contribution in [0, 0.1) is 5.92 Å². The number of carbonyl (C=O) groups excluding carboxylic acids is 1. The molecular weight excluding hydrogens is 278 g/mol. The number of para-hydroxylation sites is 1. The largest absolute Gasteiger partial charge is 0.340 e. The molecule has 0 saturated carbocycles. The van der Waals surface area contributed by atoms with Crippen molar-refractivity contribution in [2.45, 2.75) is 30.1 Å². The lowest BCUT2D eigenvalue weighted by atomic mass is 10.1. The fourth-order valence-corrected chi connectivity index (χ4v) is 3.70. The monoisotopic (exact) mass is 297 g/mol. The van der Waals surface area contributed by atoms with Gasteiger partial charge in [-0.15, -0.1) is 0 Å². The highest BCUT2D eigenvalue weighted by Gasteiger charge is 2.23. The van der Waals surface area contributed by atoms with E-state index >= 15 is 0 Å². The van der Waals surface area contributed by atoms with E-state index in [-0.39, 0.29) is 0 Å². The van der Waals surface area contributed by atoms with E-state index in [9.17, 15) is 4.79 Å². The van der Waals surface area contributed by atoms with Gasteiger partial charge in [0.1, 0.15) is 6.29 Å². The lowest BCUT2D eigenvalue weighted by Crippen LogP contribution is -2.23. The Hall–Kier alpha value is -1.74. The summed E-state index contributed by atoms with van der Waals surface area (Å²) >= 11 is 1.75. The minimum atomic E-state index is 0.671. The summed E-state index contributed by atoms with van der Waals surface area (Å²) in [7, 11) is 0. The van der Waals surface area contributed by atoms with Gasteiger partial charge < -0.3 is 4.90 Å². The van der Waals surface area contributed by atoms with Gasteiger partial charge in [0.25, 0.3) is 0 Å². The van der Waals surface area contributed by atoms with Crippen molar-refractivity contribution >= 4 is 29.4 Å². The van der Waals surface area contributed by atoms with Crippen LogP contribution in [0.3, 0.4) is 0 Å². The molecule has 0 atom stereocenters. The third kappa shape index (κ3) is 2.84. The van der Waals surface area contributed by atoms with Gasteiger partial charge in [-0.05, 0) is 42.7 Å². The maximum atomic E-state index is 11.0. The number of anilines is 2. The highest BCUT2D eigenvalue weighted by Crippen LogP contribution is 2.48. The number of hydrogen-bond acceptors (Lipinski definition) is 3. The van der Waals surface area contributed by atoms with Gasteiger partial charge in [0.2, 0.25) is 0 Å². The summed E-state index contributed by atoms with van der Waals surface area (Å²) in [6.07, 6.45) is 2.06. The van der Waals surface area contributed by atoms with Crippen LogP contribution in [0.4, 0.5) is 11.4 Å².